The number of alkyl halides is 1. The molecule has 0 fully saturated rings. The Hall–Kier alpha value is -1.05. The molecule has 0 amide bonds. The van der Waals surface area contributed by atoms with Gasteiger partial charge in [0.15, 0.2) is 0 Å². The topological polar surface area (TPSA) is 9.23 Å². The lowest BCUT2D eigenvalue weighted by atomic mass is 10.0. The van der Waals surface area contributed by atoms with E-state index in [9.17, 15) is 4.39 Å². The molecule has 1 nitrogen and oxygen atoms in total. The Balaban J connectivity index is 2.70. The third-order valence-corrected chi connectivity index (χ3v) is 1.78. The predicted molar refractivity (Wildman–Crippen MR) is 51.9 cm³/mol. The Labute approximate surface area is 78.5 Å². The minimum Gasteiger partial charge on any atom is -0.497 e. The quantitative estimate of drug-likeness (QED) is 0.698. The van der Waals surface area contributed by atoms with Gasteiger partial charge in [0.05, 0.1) is 7.11 Å². The predicted octanol–water partition coefficient (Wildman–Crippen LogP) is 2.99. The van der Waals surface area contributed by atoms with Crippen LogP contribution in [-0.4, -0.2) is 12.8 Å². The third kappa shape index (κ3) is 3.45. The van der Waals surface area contributed by atoms with Gasteiger partial charge in [-0.1, -0.05) is 12.1 Å². The lowest BCUT2D eigenvalue weighted by Crippen LogP contribution is -2.15. The third-order valence-electron chi connectivity index (χ3n) is 1.78. The van der Waals surface area contributed by atoms with E-state index in [1.165, 1.54) is 0 Å². The first-order chi connectivity index (χ1) is 6.01. The van der Waals surface area contributed by atoms with Crippen LogP contribution in [0.5, 0.6) is 5.75 Å². The highest BCUT2D eigenvalue weighted by molar-refractivity contribution is 5.27. The summed E-state index contributed by atoms with van der Waals surface area (Å²) < 4.78 is 18.2. The molecular formula is C11H15FO. The second-order valence-electron chi connectivity index (χ2n) is 3.74. The van der Waals surface area contributed by atoms with Crippen molar-refractivity contribution in [3.63, 3.8) is 0 Å². The van der Waals surface area contributed by atoms with Crippen LogP contribution in [0.2, 0.25) is 0 Å². The molecule has 0 aliphatic heterocycles. The molecule has 0 spiro atoms. The van der Waals surface area contributed by atoms with Crippen molar-refractivity contribution in [1.29, 1.82) is 0 Å². The molecular weight excluding hydrogens is 167 g/mol. The molecule has 0 saturated heterocycles. The van der Waals surface area contributed by atoms with E-state index in [0.717, 1.165) is 11.3 Å². The molecule has 0 heterocycles. The van der Waals surface area contributed by atoms with Crippen LogP contribution in [0.1, 0.15) is 19.4 Å². The molecule has 0 unspecified atom stereocenters. The van der Waals surface area contributed by atoms with Crippen LogP contribution in [0.4, 0.5) is 4.39 Å². The van der Waals surface area contributed by atoms with Gasteiger partial charge in [-0.15, -0.1) is 0 Å². The van der Waals surface area contributed by atoms with Gasteiger partial charge in [-0.25, -0.2) is 4.39 Å². The molecule has 1 aromatic carbocycles. The van der Waals surface area contributed by atoms with Crippen LogP contribution >= 0.6 is 0 Å². The number of halogens is 1. The number of methoxy groups -OCH3 is 1. The Kier molecular flexibility index (Phi) is 2.91. The van der Waals surface area contributed by atoms with Crippen LogP contribution in [0, 0.1) is 0 Å². The SMILES string of the molecule is COc1ccc(CC(C)(C)F)cc1. The standard InChI is InChI=1S/C11H15FO/c1-11(2,12)8-9-4-6-10(13-3)7-5-9/h4-7H,8H2,1-3H3. The monoisotopic (exact) mass is 182 g/mol. The zero-order valence-corrected chi connectivity index (χ0v) is 8.30. The van der Waals surface area contributed by atoms with Gasteiger partial charge in [-0.2, -0.15) is 0 Å². The zero-order chi connectivity index (χ0) is 9.90. The van der Waals surface area contributed by atoms with Crippen molar-refractivity contribution in [3.05, 3.63) is 29.8 Å². The first-order valence-corrected chi connectivity index (χ1v) is 4.33. The molecule has 0 radical (unpaired) electrons. The van der Waals surface area contributed by atoms with E-state index in [0.29, 0.717) is 6.42 Å². The Morgan fingerprint density at radius 2 is 1.77 bits per heavy atom. The van der Waals surface area contributed by atoms with Gasteiger partial charge in [-0.05, 0) is 31.5 Å². The van der Waals surface area contributed by atoms with Gasteiger partial charge >= 0.3 is 0 Å². The van der Waals surface area contributed by atoms with Crippen molar-refractivity contribution < 1.29 is 9.13 Å². The van der Waals surface area contributed by atoms with E-state index in [1.807, 2.05) is 24.3 Å². The Morgan fingerprint density at radius 1 is 1.23 bits per heavy atom. The van der Waals surface area contributed by atoms with E-state index in [1.54, 1.807) is 21.0 Å². The highest BCUT2D eigenvalue weighted by Gasteiger charge is 2.15. The Bertz CT molecular complexity index is 258. The molecule has 1 rings (SSSR count). The van der Waals surface area contributed by atoms with Crippen molar-refractivity contribution >= 4 is 0 Å². The van der Waals surface area contributed by atoms with E-state index < -0.39 is 5.67 Å². The fraction of sp³-hybridized carbons (Fsp3) is 0.455. The average molecular weight is 182 g/mol. The number of rotatable bonds is 3. The molecule has 0 aliphatic rings. The Morgan fingerprint density at radius 3 is 2.15 bits per heavy atom. The number of ether oxygens (including phenoxy) is 1. The molecule has 0 aliphatic carbocycles. The first-order valence-electron chi connectivity index (χ1n) is 4.33. The normalized spacial score (nSPS) is 11.4. The summed E-state index contributed by atoms with van der Waals surface area (Å²) >= 11 is 0. The van der Waals surface area contributed by atoms with Gasteiger partial charge in [0.1, 0.15) is 11.4 Å². The summed E-state index contributed by atoms with van der Waals surface area (Å²) in [5, 5.41) is 0. The largest absolute Gasteiger partial charge is 0.497 e. The molecule has 72 valence electrons. The van der Waals surface area contributed by atoms with Gasteiger partial charge in [0.25, 0.3) is 0 Å². The summed E-state index contributed by atoms with van der Waals surface area (Å²) in [4.78, 5) is 0. The summed E-state index contributed by atoms with van der Waals surface area (Å²) in [6.07, 6.45) is 0.441. The van der Waals surface area contributed by atoms with Crippen molar-refractivity contribution in [2.24, 2.45) is 0 Å². The number of benzene rings is 1. The smallest absolute Gasteiger partial charge is 0.118 e. The molecule has 0 atom stereocenters. The lowest BCUT2D eigenvalue weighted by Gasteiger charge is -2.13. The minimum absolute atomic E-state index is 0.441. The molecule has 2 heteroatoms. The van der Waals surface area contributed by atoms with Crippen LogP contribution in [0.15, 0.2) is 24.3 Å². The highest BCUT2D eigenvalue weighted by atomic mass is 19.1. The van der Waals surface area contributed by atoms with Crippen molar-refractivity contribution in [1.82, 2.24) is 0 Å². The average Bonchev–Trinajstić information content (AvgIpc) is 2.03. The summed E-state index contributed by atoms with van der Waals surface area (Å²) in [5.41, 5.74) is -0.150. The summed E-state index contributed by atoms with van der Waals surface area (Å²) in [6.45, 7) is 3.16. The summed E-state index contributed by atoms with van der Waals surface area (Å²) in [7, 11) is 1.62. The molecule has 1 aromatic rings. The van der Waals surface area contributed by atoms with Crippen LogP contribution in [-0.2, 0) is 6.42 Å². The van der Waals surface area contributed by atoms with E-state index in [2.05, 4.69) is 0 Å². The highest BCUT2D eigenvalue weighted by Crippen LogP contribution is 2.18. The minimum atomic E-state index is -1.14. The van der Waals surface area contributed by atoms with Gasteiger partial charge in [-0.3, -0.25) is 0 Å². The van der Waals surface area contributed by atoms with Crippen molar-refractivity contribution in [3.8, 4) is 5.75 Å². The van der Waals surface area contributed by atoms with Gasteiger partial charge in [0, 0.05) is 6.42 Å². The van der Waals surface area contributed by atoms with Crippen LogP contribution in [0.25, 0.3) is 0 Å². The van der Waals surface area contributed by atoms with Gasteiger partial charge < -0.3 is 4.74 Å². The summed E-state index contributed by atoms with van der Waals surface area (Å²) in [6, 6.07) is 7.47. The number of hydrogen-bond donors (Lipinski definition) is 0. The fourth-order valence-electron chi connectivity index (χ4n) is 1.23. The molecule has 13 heavy (non-hydrogen) atoms. The maximum absolute atomic E-state index is 13.2. The maximum Gasteiger partial charge on any atom is 0.118 e. The fourth-order valence-corrected chi connectivity index (χ4v) is 1.23. The number of hydrogen-bond acceptors (Lipinski definition) is 1. The molecule has 0 bridgehead atoms. The van der Waals surface area contributed by atoms with Crippen LogP contribution < -0.4 is 4.74 Å². The van der Waals surface area contributed by atoms with Crippen molar-refractivity contribution in [2.45, 2.75) is 25.9 Å². The first kappa shape index (κ1) is 10.0. The molecule has 0 N–H and O–H groups in total. The molecule has 0 aromatic heterocycles. The van der Waals surface area contributed by atoms with Crippen molar-refractivity contribution in [2.75, 3.05) is 7.11 Å². The van der Waals surface area contributed by atoms with Gasteiger partial charge in [0.2, 0.25) is 0 Å². The second kappa shape index (κ2) is 3.77. The molecule has 0 saturated carbocycles. The maximum atomic E-state index is 13.2. The van der Waals surface area contributed by atoms with Crippen LogP contribution in [0.3, 0.4) is 0 Å². The van der Waals surface area contributed by atoms with E-state index in [-0.39, 0.29) is 0 Å². The lowest BCUT2D eigenvalue weighted by molar-refractivity contribution is 0.217. The zero-order valence-electron chi connectivity index (χ0n) is 8.30. The van der Waals surface area contributed by atoms with E-state index in [4.69, 9.17) is 4.74 Å². The summed E-state index contributed by atoms with van der Waals surface area (Å²) in [5.74, 6) is 0.806. The second-order valence-corrected chi connectivity index (χ2v) is 3.74. The van der Waals surface area contributed by atoms with E-state index >= 15 is 0 Å².